The van der Waals surface area contributed by atoms with Crippen LogP contribution in [0.25, 0.3) is 10.9 Å². The van der Waals surface area contributed by atoms with E-state index in [9.17, 15) is 9.59 Å². The van der Waals surface area contributed by atoms with E-state index in [-0.39, 0.29) is 11.8 Å². The van der Waals surface area contributed by atoms with Gasteiger partial charge in [0, 0.05) is 17.8 Å². The van der Waals surface area contributed by atoms with Gasteiger partial charge in [0.1, 0.15) is 0 Å². The second-order valence-corrected chi connectivity index (χ2v) is 6.87. The molecule has 0 bridgehead atoms. The fourth-order valence-corrected chi connectivity index (χ4v) is 4.83. The molecule has 1 fully saturated rings. The van der Waals surface area contributed by atoms with Gasteiger partial charge in [-0.15, -0.1) is 0 Å². The summed E-state index contributed by atoms with van der Waals surface area (Å²) in [4.78, 5) is 25.1. The van der Waals surface area contributed by atoms with Crippen molar-refractivity contribution in [1.29, 1.82) is 0 Å². The number of benzene rings is 1. The van der Waals surface area contributed by atoms with Crippen LogP contribution in [0.15, 0.2) is 30.3 Å². The topological polar surface area (TPSA) is 57.5 Å². The minimum Gasteiger partial charge on any atom is -0.468 e. The van der Waals surface area contributed by atoms with Gasteiger partial charge < -0.3 is 14.0 Å². The molecule has 0 unspecified atom stereocenters. The number of para-hydroxylation sites is 1. The Morgan fingerprint density at radius 1 is 1.17 bits per heavy atom. The van der Waals surface area contributed by atoms with E-state index in [1.807, 2.05) is 12.1 Å². The van der Waals surface area contributed by atoms with Gasteiger partial charge in [0.15, 0.2) is 5.41 Å². The van der Waals surface area contributed by atoms with Crippen LogP contribution in [0.1, 0.15) is 18.5 Å². The molecule has 5 nitrogen and oxygen atoms in total. The Labute approximate surface area is 140 Å². The van der Waals surface area contributed by atoms with Gasteiger partial charge in [-0.3, -0.25) is 9.59 Å². The Morgan fingerprint density at radius 3 is 2.58 bits per heavy atom. The van der Waals surface area contributed by atoms with Gasteiger partial charge in [-0.05, 0) is 48.6 Å². The van der Waals surface area contributed by atoms with Crippen molar-refractivity contribution < 1.29 is 19.1 Å². The highest BCUT2D eigenvalue weighted by Crippen LogP contribution is 2.53. The first-order valence-corrected chi connectivity index (χ1v) is 8.35. The Balaban J connectivity index is 1.80. The lowest BCUT2D eigenvalue weighted by atomic mass is 9.71. The highest BCUT2D eigenvalue weighted by Gasteiger charge is 2.61. The van der Waals surface area contributed by atoms with Crippen molar-refractivity contribution in [3.05, 3.63) is 36.0 Å². The normalized spacial score (nSPS) is 24.2. The largest absolute Gasteiger partial charge is 0.468 e. The Morgan fingerprint density at radius 2 is 1.88 bits per heavy atom. The van der Waals surface area contributed by atoms with Crippen LogP contribution in [-0.2, 0) is 32.0 Å². The Kier molecular flexibility index (Phi) is 3.41. The minimum atomic E-state index is -1.16. The third kappa shape index (κ3) is 1.87. The zero-order valence-corrected chi connectivity index (χ0v) is 14.0. The Bertz CT molecular complexity index is 806. The van der Waals surface area contributed by atoms with E-state index in [4.69, 9.17) is 9.47 Å². The summed E-state index contributed by atoms with van der Waals surface area (Å²) in [6, 6.07) is 10.5. The average Bonchev–Trinajstić information content (AvgIpc) is 3.17. The molecule has 2 aliphatic rings. The molecule has 24 heavy (non-hydrogen) atoms. The van der Waals surface area contributed by atoms with Crippen molar-refractivity contribution in [2.24, 2.45) is 17.3 Å². The van der Waals surface area contributed by atoms with Gasteiger partial charge in [0.05, 0.1) is 14.2 Å². The molecule has 1 aliphatic heterocycles. The van der Waals surface area contributed by atoms with E-state index < -0.39 is 17.4 Å². The molecule has 2 aromatic rings. The molecule has 0 N–H and O–H groups in total. The van der Waals surface area contributed by atoms with Gasteiger partial charge in [0.2, 0.25) is 0 Å². The van der Waals surface area contributed by atoms with Crippen molar-refractivity contribution in [2.75, 3.05) is 14.2 Å². The first-order chi connectivity index (χ1) is 11.6. The fourth-order valence-electron chi connectivity index (χ4n) is 4.83. The van der Waals surface area contributed by atoms with Crippen LogP contribution in [0.3, 0.4) is 0 Å². The van der Waals surface area contributed by atoms with Crippen molar-refractivity contribution in [3.8, 4) is 0 Å². The third-order valence-corrected chi connectivity index (χ3v) is 5.95. The van der Waals surface area contributed by atoms with Crippen LogP contribution in [0.2, 0.25) is 0 Å². The molecule has 126 valence electrons. The summed E-state index contributed by atoms with van der Waals surface area (Å²) in [5.74, 6) is -0.682. The van der Waals surface area contributed by atoms with Crippen molar-refractivity contribution >= 4 is 22.8 Å². The zero-order chi connectivity index (χ0) is 16.9. The fraction of sp³-hybridized carbons (Fsp3) is 0.474. The number of carbonyl (C=O) groups is 2. The predicted octanol–water partition coefficient (Wildman–Crippen LogP) is 2.56. The second kappa shape index (κ2) is 5.36. The van der Waals surface area contributed by atoms with Crippen molar-refractivity contribution in [3.63, 3.8) is 0 Å². The summed E-state index contributed by atoms with van der Waals surface area (Å²) in [6.45, 7) is 0.837. The highest BCUT2D eigenvalue weighted by molar-refractivity contribution is 6.01. The van der Waals surface area contributed by atoms with Crippen LogP contribution >= 0.6 is 0 Å². The lowest BCUT2D eigenvalue weighted by molar-refractivity contribution is -0.173. The van der Waals surface area contributed by atoms with Crippen LogP contribution in [0.4, 0.5) is 0 Å². The maximum absolute atomic E-state index is 12.5. The van der Waals surface area contributed by atoms with Crippen LogP contribution in [0, 0.1) is 17.3 Å². The number of rotatable bonds is 2. The SMILES string of the molecule is COC(=O)C1(C(=O)OC)CC[C@@H]2Cn3c(cc4ccccc43)C[C@H]21. The number of esters is 2. The monoisotopic (exact) mass is 327 g/mol. The van der Waals surface area contributed by atoms with E-state index in [2.05, 4.69) is 22.8 Å². The molecule has 4 rings (SSSR count). The van der Waals surface area contributed by atoms with Crippen molar-refractivity contribution in [1.82, 2.24) is 4.57 Å². The number of nitrogens with zero attached hydrogens (tertiary/aromatic N) is 1. The molecular weight excluding hydrogens is 306 g/mol. The number of aromatic nitrogens is 1. The maximum atomic E-state index is 12.5. The summed E-state index contributed by atoms with van der Waals surface area (Å²) in [5, 5.41) is 1.20. The molecular formula is C19H21NO4. The van der Waals surface area contributed by atoms with Crippen LogP contribution in [0.5, 0.6) is 0 Å². The molecule has 1 aliphatic carbocycles. The number of hydrogen-bond acceptors (Lipinski definition) is 4. The summed E-state index contributed by atoms with van der Waals surface area (Å²) in [7, 11) is 2.69. The summed E-state index contributed by atoms with van der Waals surface area (Å²) in [5.41, 5.74) is 1.24. The standard InChI is InChI=1S/C19H21NO4/c1-23-17(21)19(18(22)24-2)8-7-13-11-20-14(10-15(13)19)9-12-5-3-4-6-16(12)20/h3-6,9,13,15H,7-8,10-11H2,1-2H3/t13-,15-/m1/s1. The van der Waals surface area contributed by atoms with Gasteiger partial charge in [-0.1, -0.05) is 18.2 Å². The summed E-state index contributed by atoms with van der Waals surface area (Å²) in [6.07, 6.45) is 2.04. The summed E-state index contributed by atoms with van der Waals surface area (Å²) < 4.78 is 12.4. The number of ether oxygens (including phenoxy) is 2. The van der Waals surface area contributed by atoms with Gasteiger partial charge in [-0.2, -0.15) is 0 Å². The predicted molar refractivity (Wildman–Crippen MR) is 88.3 cm³/mol. The molecule has 2 atom stereocenters. The quantitative estimate of drug-likeness (QED) is 0.628. The maximum Gasteiger partial charge on any atom is 0.323 e. The first-order valence-electron chi connectivity index (χ1n) is 8.35. The number of hydrogen-bond donors (Lipinski definition) is 0. The van der Waals surface area contributed by atoms with E-state index in [1.54, 1.807) is 0 Å². The number of fused-ring (bicyclic) bond motifs is 4. The van der Waals surface area contributed by atoms with Crippen molar-refractivity contribution in [2.45, 2.75) is 25.8 Å². The molecule has 1 saturated carbocycles. The van der Waals surface area contributed by atoms with Crippen LogP contribution in [-0.4, -0.2) is 30.7 Å². The smallest absolute Gasteiger partial charge is 0.323 e. The van der Waals surface area contributed by atoms with E-state index >= 15 is 0 Å². The molecule has 0 radical (unpaired) electrons. The molecule has 2 heterocycles. The average molecular weight is 327 g/mol. The minimum absolute atomic E-state index is 0.0609. The molecule has 1 aromatic carbocycles. The molecule has 0 amide bonds. The van der Waals surface area contributed by atoms with Gasteiger partial charge in [0.25, 0.3) is 0 Å². The highest BCUT2D eigenvalue weighted by atomic mass is 16.5. The van der Waals surface area contributed by atoms with Crippen LogP contribution < -0.4 is 0 Å². The molecule has 0 saturated heterocycles. The number of carbonyl (C=O) groups excluding carboxylic acids is 2. The third-order valence-electron chi connectivity index (χ3n) is 5.95. The Hall–Kier alpha value is -2.30. The van der Waals surface area contributed by atoms with E-state index in [0.717, 1.165) is 13.0 Å². The van der Waals surface area contributed by atoms with Gasteiger partial charge >= 0.3 is 11.9 Å². The molecule has 1 aromatic heterocycles. The molecule has 0 spiro atoms. The second-order valence-electron chi connectivity index (χ2n) is 6.87. The van der Waals surface area contributed by atoms with E-state index in [0.29, 0.717) is 12.8 Å². The number of methoxy groups -OCH3 is 2. The lowest BCUT2D eigenvalue weighted by Crippen LogP contribution is -2.47. The zero-order valence-electron chi connectivity index (χ0n) is 14.0. The summed E-state index contributed by atoms with van der Waals surface area (Å²) >= 11 is 0. The van der Waals surface area contributed by atoms with Gasteiger partial charge in [-0.25, -0.2) is 0 Å². The lowest BCUT2D eigenvalue weighted by Gasteiger charge is -2.36. The van der Waals surface area contributed by atoms with E-state index in [1.165, 1.54) is 30.8 Å². The molecule has 5 heteroatoms. The first kappa shape index (κ1) is 15.2.